The summed E-state index contributed by atoms with van der Waals surface area (Å²) in [5.41, 5.74) is 7.32. The normalized spacial score (nSPS) is 18.1. The third-order valence-electron chi connectivity index (χ3n) is 4.25. The van der Waals surface area contributed by atoms with Gasteiger partial charge in [0.1, 0.15) is 0 Å². The van der Waals surface area contributed by atoms with Gasteiger partial charge in [-0.2, -0.15) is 0 Å². The van der Waals surface area contributed by atoms with E-state index in [9.17, 15) is 0 Å². The zero-order valence-electron chi connectivity index (χ0n) is 12.6. The van der Waals surface area contributed by atoms with Crippen molar-refractivity contribution in [1.29, 1.82) is 0 Å². The Morgan fingerprint density at radius 1 is 1.43 bits per heavy atom. The molecule has 0 radical (unpaired) electrons. The van der Waals surface area contributed by atoms with Crippen LogP contribution < -0.4 is 5.73 Å². The van der Waals surface area contributed by atoms with Crippen molar-refractivity contribution in [3.63, 3.8) is 0 Å². The first-order valence-electron chi connectivity index (χ1n) is 7.62. The number of halogens is 1. The fourth-order valence-electron chi connectivity index (χ4n) is 2.97. The van der Waals surface area contributed by atoms with Gasteiger partial charge in [0.05, 0.1) is 0 Å². The van der Waals surface area contributed by atoms with E-state index in [-0.39, 0.29) is 5.84 Å². The highest BCUT2D eigenvalue weighted by Crippen LogP contribution is 2.25. The molecule has 3 N–H and O–H groups in total. The lowest BCUT2D eigenvalue weighted by atomic mass is 9.92. The Morgan fingerprint density at radius 3 is 2.71 bits per heavy atom. The van der Waals surface area contributed by atoms with Crippen LogP contribution in [0.15, 0.2) is 23.4 Å². The molecule has 0 saturated carbocycles. The van der Waals surface area contributed by atoms with Crippen molar-refractivity contribution in [2.75, 3.05) is 13.1 Å². The van der Waals surface area contributed by atoms with Gasteiger partial charge in [-0.1, -0.05) is 48.7 Å². The molecule has 1 aliphatic rings. The van der Waals surface area contributed by atoms with E-state index >= 15 is 0 Å². The Labute approximate surface area is 131 Å². The van der Waals surface area contributed by atoms with E-state index in [1.807, 2.05) is 12.1 Å². The second kappa shape index (κ2) is 7.66. The Balaban J connectivity index is 1.95. The molecule has 1 saturated heterocycles. The molecule has 0 atom stereocenters. The van der Waals surface area contributed by atoms with Crippen molar-refractivity contribution in [2.45, 2.75) is 39.2 Å². The number of oxime groups is 1. The summed E-state index contributed by atoms with van der Waals surface area (Å²) >= 11 is 6.31. The molecule has 1 aliphatic heterocycles. The van der Waals surface area contributed by atoms with E-state index in [2.05, 4.69) is 17.0 Å². The first-order valence-corrected chi connectivity index (χ1v) is 8.00. The van der Waals surface area contributed by atoms with Crippen LogP contribution in [0.1, 0.15) is 43.7 Å². The van der Waals surface area contributed by atoms with Crippen molar-refractivity contribution in [3.8, 4) is 0 Å². The summed E-state index contributed by atoms with van der Waals surface area (Å²) in [5, 5.41) is 12.4. The average molecular weight is 310 g/mol. The fourth-order valence-corrected chi connectivity index (χ4v) is 3.22. The van der Waals surface area contributed by atoms with Crippen molar-refractivity contribution >= 4 is 17.4 Å². The number of benzene rings is 1. The number of hydrogen-bond donors (Lipinski definition) is 2. The van der Waals surface area contributed by atoms with E-state index in [1.165, 1.54) is 25.7 Å². The number of nitrogens with zero attached hydrogens (tertiary/aromatic N) is 2. The molecule has 1 aromatic rings. The molecule has 1 aromatic carbocycles. The molecule has 21 heavy (non-hydrogen) atoms. The standard InChI is InChI=1S/C16H24ClN3O/c1-2-3-12-6-8-20(9-7-12)11-14-5-4-13(10-15(14)17)16(18)19-21/h4-5,10,12,21H,2-3,6-9,11H2,1H3,(H2,18,19). The monoisotopic (exact) mass is 309 g/mol. The number of hydrogen-bond acceptors (Lipinski definition) is 3. The van der Waals surface area contributed by atoms with E-state index in [0.717, 1.165) is 31.1 Å². The first kappa shape index (κ1) is 16.1. The molecule has 0 aliphatic carbocycles. The first-order chi connectivity index (χ1) is 10.1. The van der Waals surface area contributed by atoms with Crippen molar-refractivity contribution in [3.05, 3.63) is 34.3 Å². The highest BCUT2D eigenvalue weighted by atomic mass is 35.5. The summed E-state index contributed by atoms with van der Waals surface area (Å²) in [7, 11) is 0. The molecular weight excluding hydrogens is 286 g/mol. The van der Waals surface area contributed by atoms with Crippen LogP contribution in [0.4, 0.5) is 0 Å². The van der Waals surface area contributed by atoms with Gasteiger partial charge in [-0.3, -0.25) is 4.90 Å². The minimum absolute atomic E-state index is 0.0869. The molecule has 0 aromatic heterocycles. The van der Waals surface area contributed by atoms with Gasteiger partial charge in [-0.25, -0.2) is 0 Å². The molecule has 116 valence electrons. The number of rotatable bonds is 5. The molecule has 4 nitrogen and oxygen atoms in total. The van der Waals surface area contributed by atoms with Gasteiger partial charge in [0.25, 0.3) is 0 Å². The van der Waals surface area contributed by atoms with E-state index in [1.54, 1.807) is 6.07 Å². The van der Waals surface area contributed by atoms with Crippen LogP contribution in [-0.4, -0.2) is 29.0 Å². The van der Waals surface area contributed by atoms with Crippen LogP contribution >= 0.6 is 11.6 Å². The Kier molecular flexibility index (Phi) is 5.88. The lowest BCUT2D eigenvalue weighted by Crippen LogP contribution is -2.33. The third kappa shape index (κ3) is 4.35. The van der Waals surface area contributed by atoms with E-state index in [0.29, 0.717) is 10.6 Å². The summed E-state index contributed by atoms with van der Waals surface area (Å²) < 4.78 is 0. The molecule has 1 fully saturated rings. The minimum atomic E-state index is 0.0869. The summed E-state index contributed by atoms with van der Waals surface area (Å²) in [4.78, 5) is 2.45. The largest absolute Gasteiger partial charge is 0.409 e. The Bertz CT molecular complexity index is 496. The predicted octanol–water partition coefficient (Wildman–Crippen LogP) is 3.45. The Hall–Kier alpha value is -1.26. The van der Waals surface area contributed by atoms with Crippen LogP contribution in [0.25, 0.3) is 0 Å². The zero-order valence-corrected chi connectivity index (χ0v) is 13.3. The van der Waals surface area contributed by atoms with Gasteiger partial charge in [0, 0.05) is 17.1 Å². The van der Waals surface area contributed by atoms with Gasteiger partial charge in [-0.05, 0) is 43.5 Å². The van der Waals surface area contributed by atoms with Crippen molar-refractivity contribution < 1.29 is 5.21 Å². The van der Waals surface area contributed by atoms with Crippen LogP contribution in [0.5, 0.6) is 0 Å². The summed E-state index contributed by atoms with van der Waals surface area (Å²) in [5.74, 6) is 0.980. The molecule has 5 heteroatoms. The molecule has 1 heterocycles. The molecule has 0 amide bonds. The second-order valence-corrected chi connectivity index (χ2v) is 6.21. The summed E-state index contributed by atoms with van der Waals surface area (Å²) in [6.45, 7) is 5.41. The minimum Gasteiger partial charge on any atom is -0.409 e. The van der Waals surface area contributed by atoms with Gasteiger partial charge in [0.2, 0.25) is 0 Å². The maximum atomic E-state index is 8.69. The lowest BCUT2D eigenvalue weighted by molar-refractivity contribution is 0.172. The van der Waals surface area contributed by atoms with Crippen LogP contribution in [0, 0.1) is 5.92 Å². The highest BCUT2D eigenvalue weighted by molar-refractivity contribution is 6.31. The van der Waals surface area contributed by atoms with Gasteiger partial charge in [0.15, 0.2) is 5.84 Å². The number of likely N-dealkylation sites (tertiary alicyclic amines) is 1. The molecular formula is C16H24ClN3O. The van der Waals surface area contributed by atoms with Crippen LogP contribution in [0.2, 0.25) is 5.02 Å². The summed E-state index contributed by atoms with van der Waals surface area (Å²) in [6.07, 6.45) is 5.20. The smallest absolute Gasteiger partial charge is 0.170 e. The van der Waals surface area contributed by atoms with Crippen molar-refractivity contribution in [1.82, 2.24) is 4.90 Å². The SMILES string of the molecule is CCCC1CCN(Cc2ccc(/C(N)=N/O)cc2Cl)CC1. The summed E-state index contributed by atoms with van der Waals surface area (Å²) in [6, 6.07) is 5.57. The highest BCUT2D eigenvalue weighted by Gasteiger charge is 2.19. The quantitative estimate of drug-likeness (QED) is 0.379. The maximum absolute atomic E-state index is 8.69. The van der Waals surface area contributed by atoms with Gasteiger partial charge < -0.3 is 10.9 Å². The predicted molar refractivity (Wildman–Crippen MR) is 86.9 cm³/mol. The molecule has 2 rings (SSSR count). The fraction of sp³-hybridized carbons (Fsp3) is 0.562. The topological polar surface area (TPSA) is 61.8 Å². The van der Waals surface area contributed by atoms with Crippen LogP contribution in [0.3, 0.4) is 0 Å². The number of nitrogens with two attached hydrogens (primary N) is 1. The van der Waals surface area contributed by atoms with Gasteiger partial charge in [-0.15, -0.1) is 0 Å². The third-order valence-corrected chi connectivity index (χ3v) is 4.61. The number of amidine groups is 1. The van der Waals surface area contributed by atoms with Crippen molar-refractivity contribution in [2.24, 2.45) is 16.8 Å². The van der Waals surface area contributed by atoms with Gasteiger partial charge >= 0.3 is 0 Å². The maximum Gasteiger partial charge on any atom is 0.170 e. The molecule has 0 unspecified atom stereocenters. The average Bonchev–Trinajstić information content (AvgIpc) is 2.50. The zero-order chi connectivity index (χ0) is 15.2. The van der Waals surface area contributed by atoms with Crippen LogP contribution in [-0.2, 0) is 6.54 Å². The lowest BCUT2D eigenvalue weighted by Gasteiger charge is -2.32. The second-order valence-electron chi connectivity index (χ2n) is 5.80. The molecule has 0 spiro atoms. The number of piperidine rings is 1. The Morgan fingerprint density at radius 2 is 2.14 bits per heavy atom. The molecule has 0 bridgehead atoms. The van der Waals surface area contributed by atoms with E-state index in [4.69, 9.17) is 22.5 Å². The van der Waals surface area contributed by atoms with E-state index < -0.39 is 0 Å².